The minimum absolute atomic E-state index is 0. The number of halogens is 2. The van der Waals surface area contributed by atoms with Crippen LogP contribution < -0.4 is 16.8 Å². The molecule has 0 aliphatic heterocycles. The van der Waals surface area contributed by atoms with Crippen LogP contribution in [0.25, 0.3) is 0 Å². The minimum Gasteiger partial charge on any atom is -0.369 e. The second-order valence-corrected chi connectivity index (χ2v) is 5.05. The fourth-order valence-corrected chi connectivity index (χ4v) is 1.95. The first-order valence-corrected chi connectivity index (χ1v) is 7.16. The lowest BCUT2D eigenvalue weighted by molar-refractivity contribution is -0.384. The molecule has 0 unspecified atom stereocenters. The quantitative estimate of drug-likeness (QED) is 0.298. The van der Waals surface area contributed by atoms with Gasteiger partial charge in [-0.1, -0.05) is 12.1 Å². The molecule has 1 amide bonds. The third-order valence-electron chi connectivity index (χ3n) is 3.19. The number of nitrogens with two attached hydrogens (primary N) is 2. The van der Waals surface area contributed by atoms with Crippen LogP contribution in [0, 0.1) is 10.1 Å². The molecule has 9 nitrogen and oxygen atoms in total. The third-order valence-corrected chi connectivity index (χ3v) is 3.19. The number of hydrogen-bond acceptors (Lipinski definition) is 5. The van der Waals surface area contributed by atoms with E-state index < -0.39 is 4.92 Å². The number of carbonyl (C=O) groups excluding carboxylic acids is 1. The number of nitrogens with zero attached hydrogens (tertiary/aromatic N) is 3. The lowest BCUT2D eigenvalue weighted by Crippen LogP contribution is -2.22. The highest BCUT2D eigenvalue weighted by atomic mass is 35.5. The molecule has 0 atom stereocenters. The zero-order chi connectivity index (χ0) is 18.4. The average molecular weight is 413 g/mol. The fraction of sp³-hybridized carbons (Fsp3) is 0.0625. The van der Waals surface area contributed by atoms with Gasteiger partial charge in [-0.15, -0.1) is 29.9 Å². The van der Waals surface area contributed by atoms with E-state index in [0.717, 1.165) is 5.56 Å². The summed E-state index contributed by atoms with van der Waals surface area (Å²) in [5.41, 5.74) is 12.5. The highest BCUT2D eigenvalue weighted by Gasteiger charge is 2.10. The summed E-state index contributed by atoms with van der Waals surface area (Å²) < 4.78 is 0. The molecule has 0 aromatic heterocycles. The molecule has 0 spiro atoms. The fourth-order valence-electron chi connectivity index (χ4n) is 1.95. The maximum atomic E-state index is 12.2. The van der Waals surface area contributed by atoms with Gasteiger partial charge in [0.2, 0.25) is 5.96 Å². The van der Waals surface area contributed by atoms with Crippen LogP contribution in [0.4, 0.5) is 11.4 Å². The highest BCUT2D eigenvalue weighted by Crippen LogP contribution is 2.16. The number of carbonyl (C=O) groups is 1. The summed E-state index contributed by atoms with van der Waals surface area (Å²) in [5, 5.41) is 20.8. The number of nitro benzene ring substituents is 1. The van der Waals surface area contributed by atoms with E-state index in [9.17, 15) is 14.9 Å². The van der Waals surface area contributed by atoms with Gasteiger partial charge in [-0.3, -0.25) is 14.9 Å². The van der Waals surface area contributed by atoms with Crippen molar-refractivity contribution in [1.29, 1.82) is 0 Å². The monoisotopic (exact) mass is 412 g/mol. The number of nitrogens with one attached hydrogen (secondary N) is 1. The Hall–Kier alpha value is -3.17. The van der Waals surface area contributed by atoms with Crippen LogP contribution in [0.1, 0.15) is 22.8 Å². The molecule has 144 valence electrons. The van der Waals surface area contributed by atoms with Crippen molar-refractivity contribution < 1.29 is 9.72 Å². The van der Waals surface area contributed by atoms with E-state index in [1.807, 2.05) is 0 Å². The van der Waals surface area contributed by atoms with Gasteiger partial charge in [0.25, 0.3) is 11.6 Å². The summed E-state index contributed by atoms with van der Waals surface area (Å²) in [6, 6.07) is 12.3. The van der Waals surface area contributed by atoms with Crippen molar-refractivity contribution >= 4 is 53.8 Å². The number of rotatable bonds is 5. The molecule has 0 radical (unpaired) electrons. The van der Waals surface area contributed by atoms with Crippen molar-refractivity contribution in [3.8, 4) is 0 Å². The molecule has 0 saturated carbocycles. The molecular formula is C16H18Cl2N6O3. The summed E-state index contributed by atoms with van der Waals surface area (Å²) in [5.74, 6) is -0.534. The Balaban J connectivity index is 0.00000338. The van der Waals surface area contributed by atoms with E-state index in [1.165, 1.54) is 24.3 Å². The second-order valence-electron chi connectivity index (χ2n) is 5.05. The largest absolute Gasteiger partial charge is 0.369 e. The SMILES string of the molecule is C/C(=N/N=C(N)N)c1cccc(NC(=O)c2ccc([N+](=O)[O-])cc2)c1.Cl.Cl. The molecule has 2 aromatic rings. The molecule has 0 bridgehead atoms. The molecule has 0 heterocycles. The Morgan fingerprint density at radius 1 is 1.04 bits per heavy atom. The predicted octanol–water partition coefficient (Wildman–Crippen LogP) is 2.69. The number of hydrogen-bond donors (Lipinski definition) is 3. The molecule has 5 N–H and O–H groups in total. The van der Waals surface area contributed by atoms with Gasteiger partial charge in [0.15, 0.2) is 0 Å². The number of amides is 1. The smallest absolute Gasteiger partial charge is 0.269 e. The van der Waals surface area contributed by atoms with Crippen molar-refractivity contribution in [3.05, 3.63) is 69.8 Å². The van der Waals surface area contributed by atoms with Crippen molar-refractivity contribution in [3.63, 3.8) is 0 Å². The van der Waals surface area contributed by atoms with Crippen LogP contribution in [0.15, 0.2) is 58.7 Å². The van der Waals surface area contributed by atoms with Gasteiger partial charge < -0.3 is 16.8 Å². The number of benzene rings is 2. The number of guanidine groups is 1. The summed E-state index contributed by atoms with van der Waals surface area (Å²) in [7, 11) is 0. The van der Waals surface area contributed by atoms with Gasteiger partial charge in [0, 0.05) is 23.4 Å². The molecule has 0 fully saturated rings. The normalized spacial score (nSPS) is 10.0. The Labute approximate surface area is 167 Å². The average Bonchev–Trinajstić information content (AvgIpc) is 2.59. The van der Waals surface area contributed by atoms with Crippen molar-refractivity contribution in [2.75, 3.05) is 5.32 Å². The van der Waals surface area contributed by atoms with E-state index in [0.29, 0.717) is 17.0 Å². The molecule has 0 aliphatic rings. The van der Waals surface area contributed by atoms with Gasteiger partial charge in [0.05, 0.1) is 10.6 Å². The van der Waals surface area contributed by atoms with Crippen LogP contribution in [0.3, 0.4) is 0 Å². The maximum Gasteiger partial charge on any atom is 0.269 e. The first kappa shape index (κ1) is 23.8. The lowest BCUT2D eigenvalue weighted by atomic mass is 10.1. The summed E-state index contributed by atoms with van der Waals surface area (Å²) in [6.45, 7) is 1.73. The number of non-ortho nitro benzene ring substituents is 1. The minimum atomic E-state index is -0.524. The van der Waals surface area contributed by atoms with E-state index in [4.69, 9.17) is 11.5 Å². The van der Waals surface area contributed by atoms with Gasteiger partial charge in [-0.2, -0.15) is 5.10 Å². The van der Waals surface area contributed by atoms with Crippen LogP contribution >= 0.6 is 24.8 Å². The third kappa shape index (κ3) is 6.92. The summed E-state index contributed by atoms with van der Waals surface area (Å²) >= 11 is 0. The van der Waals surface area contributed by atoms with E-state index in [-0.39, 0.29) is 42.4 Å². The van der Waals surface area contributed by atoms with Crippen LogP contribution in [0.5, 0.6) is 0 Å². The topological polar surface area (TPSA) is 149 Å². The van der Waals surface area contributed by atoms with Crippen LogP contribution in [-0.2, 0) is 0 Å². The summed E-state index contributed by atoms with van der Waals surface area (Å²) in [6.07, 6.45) is 0. The van der Waals surface area contributed by atoms with E-state index in [1.54, 1.807) is 31.2 Å². The van der Waals surface area contributed by atoms with E-state index >= 15 is 0 Å². The Kier molecular flexibility index (Phi) is 9.48. The molecule has 2 rings (SSSR count). The molecule has 0 saturated heterocycles. The molecule has 11 heteroatoms. The molecular weight excluding hydrogens is 395 g/mol. The lowest BCUT2D eigenvalue weighted by Gasteiger charge is -2.07. The Morgan fingerprint density at radius 3 is 2.22 bits per heavy atom. The molecule has 27 heavy (non-hydrogen) atoms. The van der Waals surface area contributed by atoms with Crippen molar-refractivity contribution in [2.45, 2.75) is 6.92 Å². The van der Waals surface area contributed by atoms with Crippen molar-refractivity contribution in [2.24, 2.45) is 21.7 Å². The zero-order valence-electron chi connectivity index (χ0n) is 14.2. The van der Waals surface area contributed by atoms with Gasteiger partial charge in [-0.25, -0.2) is 0 Å². The molecule has 2 aromatic carbocycles. The molecule has 0 aliphatic carbocycles. The van der Waals surface area contributed by atoms with E-state index in [2.05, 4.69) is 15.5 Å². The number of anilines is 1. The van der Waals surface area contributed by atoms with Crippen LogP contribution in [-0.4, -0.2) is 22.5 Å². The second kappa shape index (κ2) is 10.7. The first-order valence-electron chi connectivity index (χ1n) is 7.16. The standard InChI is InChI=1S/C16H16N6O3.2ClH/c1-10(20-21-16(17)18)12-3-2-4-13(9-12)19-15(23)11-5-7-14(8-6-11)22(24)25;;/h2-9H,1H3,(H,19,23)(H4,17,18,21);2*1H/b20-10-;;. The maximum absolute atomic E-state index is 12.2. The van der Waals surface area contributed by atoms with Crippen molar-refractivity contribution in [1.82, 2.24) is 0 Å². The zero-order valence-corrected chi connectivity index (χ0v) is 15.8. The van der Waals surface area contributed by atoms with Gasteiger partial charge in [-0.05, 0) is 36.8 Å². The predicted molar refractivity (Wildman–Crippen MR) is 110 cm³/mol. The van der Waals surface area contributed by atoms with Gasteiger partial charge >= 0.3 is 0 Å². The van der Waals surface area contributed by atoms with Gasteiger partial charge in [0.1, 0.15) is 0 Å². The number of nitro groups is 1. The first-order chi connectivity index (χ1) is 11.9. The highest BCUT2D eigenvalue weighted by molar-refractivity contribution is 6.05. The Morgan fingerprint density at radius 2 is 1.67 bits per heavy atom. The van der Waals surface area contributed by atoms with Crippen LogP contribution in [0.2, 0.25) is 0 Å². The summed E-state index contributed by atoms with van der Waals surface area (Å²) in [4.78, 5) is 22.3. The Bertz CT molecular complexity index is 865.